The largest absolute Gasteiger partial charge is 0.125 e. The van der Waals surface area contributed by atoms with Crippen LogP contribution in [0.15, 0.2) is 30.0 Å². The lowest BCUT2D eigenvalue weighted by atomic mass is 10.1. The van der Waals surface area contributed by atoms with Crippen molar-refractivity contribution < 1.29 is 0 Å². The molecule has 0 heterocycles. The van der Waals surface area contributed by atoms with Crippen LogP contribution in [0.3, 0.4) is 0 Å². The number of hydrogen-bond acceptors (Lipinski definition) is 0. The molecule has 0 N–H and O–H groups in total. The maximum atomic E-state index is 3.16. The topological polar surface area (TPSA) is 0 Å². The predicted octanol–water partition coefficient (Wildman–Crippen LogP) is 5.41. The van der Waals surface area contributed by atoms with Crippen molar-refractivity contribution in [3.63, 3.8) is 0 Å². The summed E-state index contributed by atoms with van der Waals surface area (Å²) in [5, 5.41) is 0. The lowest BCUT2D eigenvalue weighted by molar-refractivity contribution is 0.592. The zero-order valence-corrected chi connectivity index (χ0v) is 10.5. The van der Waals surface area contributed by atoms with E-state index in [1.165, 1.54) is 51.4 Å². The van der Waals surface area contributed by atoms with Crippen LogP contribution in [0.4, 0.5) is 0 Å². The molecule has 0 rings (SSSR count). The summed E-state index contributed by atoms with van der Waals surface area (Å²) in [4.78, 5) is 0. The second-order valence-corrected chi connectivity index (χ2v) is 3.97. The Morgan fingerprint density at radius 2 is 1.60 bits per heavy atom. The predicted molar refractivity (Wildman–Crippen MR) is 70.1 cm³/mol. The van der Waals surface area contributed by atoms with Gasteiger partial charge in [0.2, 0.25) is 0 Å². The lowest BCUT2D eigenvalue weighted by Gasteiger charge is -1.98. The molecule has 86 valence electrons. The fourth-order valence-corrected chi connectivity index (χ4v) is 1.51. The number of allylic oxidation sites excluding steroid dienone is 3. The number of unbranched alkanes of at least 4 members (excludes halogenated alkanes) is 7. The molecule has 0 aromatic rings. The Kier molecular flexibility index (Phi) is 12.6. The lowest BCUT2D eigenvalue weighted by Crippen LogP contribution is -1.78. The van der Waals surface area contributed by atoms with Gasteiger partial charge >= 0.3 is 0 Å². The molecule has 0 aliphatic carbocycles. The van der Waals surface area contributed by atoms with Gasteiger partial charge in [-0.3, -0.25) is 0 Å². The first-order valence-corrected chi connectivity index (χ1v) is 6.44. The first-order valence-electron chi connectivity index (χ1n) is 6.44. The molecule has 0 nitrogen and oxygen atoms in total. The third kappa shape index (κ3) is 13.3. The van der Waals surface area contributed by atoms with Crippen LogP contribution >= 0.6 is 0 Å². The second kappa shape index (κ2) is 13.3. The molecule has 0 heteroatoms. The van der Waals surface area contributed by atoms with E-state index >= 15 is 0 Å². The van der Waals surface area contributed by atoms with Crippen LogP contribution < -0.4 is 0 Å². The van der Waals surface area contributed by atoms with Crippen molar-refractivity contribution in [3.05, 3.63) is 30.0 Å². The molecule has 0 saturated carbocycles. The third-order valence-corrected chi connectivity index (χ3v) is 2.45. The van der Waals surface area contributed by atoms with Crippen LogP contribution in [0, 0.1) is 0 Å². The van der Waals surface area contributed by atoms with Gasteiger partial charge in [0.05, 0.1) is 0 Å². The van der Waals surface area contributed by atoms with Gasteiger partial charge in [-0.05, 0) is 31.9 Å². The van der Waals surface area contributed by atoms with Crippen LogP contribution in [-0.2, 0) is 0 Å². The van der Waals surface area contributed by atoms with E-state index in [1.807, 2.05) is 25.2 Å². The summed E-state index contributed by atoms with van der Waals surface area (Å²) in [6, 6.07) is 0. The fraction of sp³-hybridized carbons (Fsp3) is 0.667. The average Bonchev–Trinajstić information content (AvgIpc) is 2.26. The van der Waals surface area contributed by atoms with Gasteiger partial charge in [0.1, 0.15) is 0 Å². The van der Waals surface area contributed by atoms with E-state index in [9.17, 15) is 0 Å². The van der Waals surface area contributed by atoms with E-state index in [0.717, 1.165) is 0 Å². The molecule has 0 radical (unpaired) electrons. The maximum Gasteiger partial charge on any atom is -0.0206 e. The first-order chi connectivity index (χ1) is 7.41. The van der Waals surface area contributed by atoms with Gasteiger partial charge in [-0.1, -0.05) is 57.6 Å². The van der Waals surface area contributed by atoms with Crippen LogP contribution in [-0.4, -0.2) is 0 Å². The Labute approximate surface area is 95.8 Å². The quantitative estimate of drug-likeness (QED) is 0.269. The highest BCUT2D eigenvalue weighted by Gasteiger charge is 1.88. The van der Waals surface area contributed by atoms with E-state index in [2.05, 4.69) is 18.7 Å². The monoisotopic (exact) mass is 206 g/mol. The van der Waals surface area contributed by atoms with Gasteiger partial charge in [-0.2, -0.15) is 0 Å². The standard InChI is InChI=1S/C15H26/c1-3-5-7-9-11-13-15-14-12-10-8-6-4-2/h3,5,7,11H,4,6,8,10,12-15H2,1-2H3/b5-3+. The Balaban J connectivity index is 3.14. The number of rotatable bonds is 9. The molecule has 0 saturated heterocycles. The molecule has 0 aromatic carbocycles. The van der Waals surface area contributed by atoms with Crippen molar-refractivity contribution in [3.8, 4) is 0 Å². The summed E-state index contributed by atoms with van der Waals surface area (Å²) >= 11 is 0. The molecule has 0 amide bonds. The minimum absolute atomic E-state index is 1.18. The van der Waals surface area contributed by atoms with E-state index in [0.29, 0.717) is 0 Å². The molecular weight excluding hydrogens is 180 g/mol. The van der Waals surface area contributed by atoms with Gasteiger partial charge in [0.15, 0.2) is 0 Å². The maximum absolute atomic E-state index is 3.16. The van der Waals surface area contributed by atoms with Crippen LogP contribution in [0.25, 0.3) is 0 Å². The molecule has 0 spiro atoms. The van der Waals surface area contributed by atoms with E-state index in [4.69, 9.17) is 0 Å². The summed E-state index contributed by atoms with van der Waals surface area (Å²) in [7, 11) is 0. The number of hydrogen-bond donors (Lipinski definition) is 0. The average molecular weight is 206 g/mol. The molecule has 0 unspecified atom stereocenters. The Morgan fingerprint density at radius 1 is 0.933 bits per heavy atom. The van der Waals surface area contributed by atoms with Crippen molar-refractivity contribution >= 4 is 0 Å². The van der Waals surface area contributed by atoms with E-state index in [-0.39, 0.29) is 0 Å². The third-order valence-electron chi connectivity index (χ3n) is 2.45. The summed E-state index contributed by atoms with van der Waals surface area (Å²) in [6.07, 6.45) is 19.1. The highest BCUT2D eigenvalue weighted by atomic mass is 13.9. The SMILES string of the molecule is C/C=C/C=C=CCCCCCCCCC. The summed E-state index contributed by atoms with van der Waals surface area (Å²) < 4.78 is 0. The minimum atomic E-state index is 1.18. The molecule has 0 atom stereocenters. The fourth-order valence-electron chi connectivity index (χ4n) is 1.51. The minimum Gasteiger partial charge on any atom is -0.125 e. The van der Waals surface area contributed by atoms with Gasteiger partial charge < -0.3 is 0 Å². The highest BCUT2D eigenvalue weighted by molar-refractivity contribution is 5.00. The first kappa shape index (κ1) is 14.3. The van der Waals surface area contributed by atoms with Gasteiger partial charge in [0, 0.05) is 0 Å². The summed E-state index contributed by atoms with van der Waals surface area (Å²) in [6.45, 7) is 4.29. The summed E-state index contributed by atoms with van der Waals surface area (Å²) in [5.74, 6) is 0. The zero-order chi connectivity index (χ0) is 11.2. The molecule has 0 bridgehead atoms. The Morgan fingerprint density at radius 3 is 2.27 bits per heavy atom. The van der Waals surface area contributed by atoms with Gasteiger partial charge in [0.25, 0.3) is 0 Å². The van der Waals surface area contributed by atoms with Crippen molar-refractivity contribution in [1.82, 2.24) is 0 Å². The smallest absolute Gasteiger partial charge is 0.0206 e. The molecule has 15 heavy (non-hydrogen) atoms. The van der Waals surface area contributed by atoms with Crippen molar-refractivity contribution in [1.29, 1.82) is 0 Å². The van der Waals surface area contributed by atoms with Crippen LogP contribution in [0.2, 0.25) is 0 Å². The van der Waals surface area contributed by atoms with E-state index in [1.54, 1.807) is 0 Å². The molecule has 0 aliphatic heterocycles. The Hall–Kier alpha value is -0.740. The molecule has 0 aliphatic rings. The Bertz CT molecular complexity index is 192. The van der Waals surface area contributed by atoms with Crippen molar-refractivity contribution in [2.45, 2.75) is 65.2 Å². The van der Waals surface area contributed by atoms with Crippen molar-refractivity contribution in [2.24, 2.45) is 0 Å². The highest BCUT2D eigenvalue weighted by Crippen LogP contribution is 2.08. The molecule has 0 aromatic heterocycles. The summed E-state index contributed by atoms with van der Waals surface area (Å²) in [5.41, 5.74) is 3.16. The van der Waals surface area contributed by atoms with Crippen LogP contribution in [0.1, 0.15) is 65.2 Å². The van der Waals surface area contributed by atoms with Crippen molar-refractivity contribution in [2.75, 3.05) is 0 Å². The molecule has 0 fully saturated rings. The van der Waals surface area contributed by atoms with Gasteiger partial charge in [-0.15, -0.1) is 5.73 Å². The normalized spacial score (nSPS) is 10.3. The van der Waals surface area contributed by atoms with E-state index < -0.39 is 0 Å². The van der Waals surface area contributed by atoms with Crippen LogP contribution in [0.5, 0.6) is 0 Å². The molecular formula is C15H26. The van der Waals surface area contributed by atoms with Gasteiger partial charge in [-0.25, -0.2) is 0 Å². The zero-order valence-electron chi connectivity index (χ0n) is 10.5. The second-order valence-electron chi connectivity index (χ2n) is 3.97.